The zero-order valence-corrected chi connectivity index (χ0v) is 18.2. The highest BCUT2D eigenvalue weighted by Gasteiger charge is 2.26. The van der Waals surface area contributed by atoms with Crippen molar-refractivity contribution in [3.8, 4) is 11.4 Å². The van der Waals surface area contributed by atoms with E-state index in [0.29, 0.717) is 6.54 Å². The van der Waals surface area contributed by atoms with Crippen molar-refractivity contribution < 1.29 is 9.53 Å². The number of benzene rings is 1. The van der Waals surface area contributed by atoms with Crippen LogP contribution in [0.5, 0.6) is 0 Å². The predicted molar refractivity (Wildman–Crippen MR) is 121 cm³/mol. The highest BCUT2D eigenvalue weighted by molar-refractivity contribution is 5.79. The van der Waals surface area contributed by atoms with E-state index in [1.165, 1.54) is 0 Å². The Labute approximate surface area is 187 Å². The van der Waals surface area contributed by atoms with Crippen LogP contribution < -0.4 is 10.2 Å². The van der Waals surface area contributed by atoms with Gasteiger partial charge in [-0.3, -0.25) is 9.69 Å². The molecule has 1 amide bonds. The van der Waals surface area contributed by atoms with Crippen LogP contribution in [-0.4, -0.2) is 83.1 Å². The summed E-state index contributed by atoms with van der Waals surface area (Å²) >= 11 is 0. The van der Waals surface area contributed by atoms with Gasteiger partial charge in [-0.1, -0.05) is 30.3 Å². The number of aromatic nitrogens is 4. The van der Waals surface area contributed by atoms with Gasteiger partial charge in [-0.25, -0.2) is 0 Å². The van der Waals surface area contributed by atoms with Crippen LogP contribution >= 0.6 is 0 Å². The lowest BCUT2D eigenvalue weighted by Gasteiger charge is -2.32. The molecule has 0 bridgehead atoms. The molecule has 0 aliphatic carbocycles. The third-order valence-corrected chi connectivity index (χ3v) is 6.30. The van der Waals surface area contributed by atoms with E-state index >= 15 is 0 Å². The summed E-state index contributed by atoms with van der Waals surface area (Å²) in [5.41, 5.74) is 1.71. The molecule has 2 fully saturated rings. The molecule has 0 radical (unpaired) electrons. The minimum atomic E-state index is 0.0643. The highest BCUT2D eigenvalue weighted by atomic mass is 16.5. The number of nitrogens with one attached hydrogen (secondary N) is 1. The number of ether oxygens (including phenoxy) is 1. The zero-order valence-electron chi connectivity index (χ0n) is 18.2. The fourth-order valence-corrected chi connectivity index (χ4v) is 4.39. The number of rotatable bonds is 6. The van der Waals surface area contributed by atoms with Gasteiger partial charge < -0.3 is 15.0 Å². The summed E-state index contributed by atoms with van der Waals surface area (Å²) in [5.74, 6) is 1.86. The first-order valence-electron chi connectivity index (χ1n) is 11.4. The number of fused-ring (bicyclic) bond motifs is 1. The Morgan fingerprint density at radius 3 is 2.56 bits per heavy atom. The predicted octanol–water partition coefficient (Wildman–Crippen LogP) is 1.46. The lowest BCUT2D eigenvalue weighted by molar-refractivity contribution is -0.125. The van der Waals surface area contributed by atoms with Crippen LogP contribution in [0.25, 0.3) is 17.0 Å². The van der Waals surface area contributed by atoms with Gasteiger partial charge in [0.15, 0.2) is 11.5 Å². The second-order valence-corrected chi connectivity index (χ2v) is 8.36. The molecule has 0 spiro atoms. The molecule has 1 aromatic carbocycles. The van der Waals surface area contributed by atoms with E-state index in [0.717, 1.165) is 81.6 Å². The summed E-state index contributed by atoms with van der Waals surface area (Å²) in [6.45, 7) is 6.68. The van der Waals surface area contributed by atoms with Crippen molar-refractivity contribution in [3.63, 3.8) is 0 Å². The van der Waals surface area contributed by atoms with Crippen molar-refractivity contribution in [1.82, 2.24) is 30.0 Å². The minimum Gasteiger partial charge on any atom is -0.379 e. The Hall–Kier alpha value is -3.04. The number of nitrogens with zero attached hydrogens (tertiary/aromatic N) is 6. The summed E-state index contributed by atoms with van der Waals surface area (Å²) < 4.78 is 7.17. The number of hydrogen-bond acceptors (Lipinski definition) is 7. The summed E-state index contributed by atoms with van der Waals surface area (Å²) in [6.07, 6.45) is 1.66. The summed E-state index contributed by atoms with van der Waals surface area (Å²) in [7, 11) is 0. The zero-order chi connectivity index (χ0) is 21.8. The van der Waals surface area contributed by atoms with Crippen LogP contribution in [0.3, 0.4) is 0 Å². The van der Waals surface area contributed by atoms with Crippen LogP contribution in [0.2, 0.25) is 0 Å². The number of hydrogen-bond donors (Lipinski definition) is 1. The molecule has 0 atom stereocenters. The highest BCUT2D eigenvalue weighted by Crippen LogP contribution is 2.24. The lowest BCUT2D eigenvalue weighted by Crippen LogP contribution is -2.44. The molecule has 2 saturated heterocycles. The van der Waals surface area contributed by atoms with Crippen molar-refractivity contribution in [2.45, 2.75) is 12.8 Å². The lowest BCUT2D eigenvalue weighted by atomic mass is 9.96. The summed E-state index contributed by atoms with van der Waals surface area (Å²) in [5, 5.41) is 16.5. The normalized spacial score (nSPS) is 18.2. The fraction of sp³-hybridized carbons (Fsp3) is 0.478. The summed E-state index contributed by atoms with van der Waals surface area (Å²) in [4.78, 5) is 17.2. The molecule has 4 heterocycles. The van der Waals surface area contributed by atoms with Gasteiger partial charge in [0, 0.05) is 50.7 Å². The molecule has 5 rings (SSSR count). The standard InChI is InChI=1S/C23H29N7O2/c31-23(24-10-13-28-14-16-32-17-15-28)19-8-11-29(12-9-19)21-7-6-20-25-26-22(30(20)27-21)18-4-2-1-3-5-18/h1-7,19H,8-17H2,(H,24,31). The molecule has 2 aliphatic heterocycles. The Morgan fingerprint density at radius 1 is 1.00 bits per heavy atom. The molecule has 2 aromatic heterocycles. The minimum absolute atomic E-state index is 0.0643. The van der Waals surface area contributed by atoms with Crippen molar-refractivity contribution in [2.75, 3.05) is 57.4 Å². The van der Waals surface area contributed by atoms with Crippen LogP contribution in [0.1, 0.15) is 12.8 Å². The van der Waals surface area contributed by atoms with Gasteiger partial charge >= 0.3 is 0 Å². The monoisotopic (exact) mass is 435 g/mol. The number of amides is 1. The third kappa shape index (κ3) is 4.58. The van der Waals surface area contributed by atoms with Gasteiger partial charge in [0.25, 0.3) is 0 Å². The van der Waals surface area contributed by atoms with E-state index in [-0.39, 0.29) is 11.8 Å². The van der Waals surface area contributed by atoms with Crippen molar-refractivity contribution in [1.29, 1.82) is 0 Å². The Kier molecular flexibility index (Phi) is 6.27. The number of carbonyl (C=O) groups is 1. The van der Waals surface area contributed by atoms with Gasteiger partial charge in [0.1, 0.15) is 5.82 Å². The largest absolute Gasteiger partial charge is 0.379 e. The molecule has 168 valence electrons. The van der Waals surface area contributed by atoms with E-state index in [2.05, 4.69) is 25.3 Å². The van der Waals surface area contributed by atoms with Crippen LogP contribution in [-0.2, 0) is 9.53 Å². The molecular formula is C23H29N7O2. The van der Waals surface area contributed by atoms with Crippen LogP contribution in [0.15, 0.2) is 42.5 Å². The Morgan fingerprint density at radius 2 is 1.78 bits per heavy atom. The van der Waals surface area contributed by atoms with E-state index in [1.54, 1.807) is 4.52 Å². The smallest absolute Gasteiger partial charge is 0.223 e. The van der Waals surface area contributed by atoms with Gasteiger partial charge in [0.2, 0.25) is 5.91 Å². The topological polar surface area (TPSA) is 87.9 Å². The van der Waals surface area contributed by atoms with Crippen molar-refractivity contribution >= 4 is 17.4 Å². The number of morpholine rings is 1. The Balaban J connectivity index is 1.17. The van der Waals surface area contributed by atoms with E-state index in [9.17, 15) is 4.79 Å². The SMILES string of the molecule is O=C(NCCN1CCOCC1)C1CCN(c2ccc3nnc(-c4ccccc4)n3n2)CC1. The van der Waals surface area contributed by atoms with Gasteiger partial charge in [0.05, 0.1) is 13.2 Å². The average Bonchev–Trinajstić information content (AvgIpc) is 3.29. The molecule has 32 heavy (non-hydrogen) atoms. The average molecular weight is 436 g/mol. The molecule has 2 aliphatic rings. The number of anilines is 1. The molecule has 9 nitrogen and oxygen atoms in total. The molecular weight excluding hydrogens is 406 g/mol. The van der Waals surface area contributed by atoms with Crippen LogP contribution in [0.4, 0.5) is 5.82 Å². The Bertz CT molecular complexity index is 1040. The van der Waals surface area contributed by atoms with Crippen molar-refractivity contribution in [3.05, 3.63) is 42.5 Å². The molecule has 0 saturated carbocycles. The first kappa shape index (κ1) is 20.8. The van der Waals surface area contributed by atoms with E-state index < -0.39 is 0 Å². The van der Waals surface area contributed by atoms with Crippen molar-refractivity contribution in [2.24, 2.45) is 5.92 Å². The summed E-state index contributed by atoms with van der Waals surface area (Å²) in [6, 6.07) is 13.9. The van der Waals surface area contributed by atoms with Gasteiger partial charge in [-0.2, -0.15) is 4.52 Å². The van der Waals surface area contributed by atoms with Gasteiger partial charge in [-0.05, 0) is 25.0 Å². The quantitative estimate of drug-likeness (QED) is 0.627. The van der Waals surface area contributed by atoms with E-state index in [4.69, 9.17) is 9.84 Å². The molecule has 3 aromatic rings. The second-order valence-electron chi connectivity index (χ2n) is 8.36. The van der Waals surface area contributed by atoms with E-state index in [1.807, 2.05) is 42.5 Å². The maximum absolute atomic E-state index is 12.6. The number of piperidine rings is 1. The molecule has 0 unspecified atom stereocenters. The third-order valence-electron chi connectivity index (χ3n) is 6.30. The maximum atomic E-state index is 12.6. The number of carbonyl (C=O) groups excluding carboxylic acids is 1. The first-order chi connectivity index (χ1) is 15.8. The maximum Gasteiger partial charge on any atom is 0.223 e. The molecule has 1 N–H and O–H groups in total. The van der Waals surface area contributed by atoms with Crippen LogP contribution in [0, 0.1) is 5.92 Å². The second kappa shape index (κ2) is 9.62. The molecule has 9 heteroatoms. The fourth-order valence-electron chi connectivity index (χ4n) is 4.39. The van der Waals surface area contributed by atoms with Gasteiger partial charge in [-0.15, -0.1) is 15.3 Å². The first-order valence-corrected chi connectivity index (χ1v) is 11.4.